The van der Waals surface area contributed by atoms with E-state index in [-0.39, 0.29) is 5.92 Å². The van der Waals surface area contributed by atoms with Gasteiger partial charge in [0.05, 0.1) is 5.92 Å². The molecule has 0 fully saturated rings. The quantitative estimate of drug-likeness (QED) is 0.197. The van der Waals surface area contributed by atoms with Crippen LogP contribution in [0, 0.1) is 12.8 Å². The Morgan fingerprint density at radius 1 is 0.781 bits per heavy atom. The maximum Gasteiger partial charge on any atom is 0.306 e. The van der Waals surface area contributed by atoms with E-state index in [0.717, 1.165) is 42.4 Å². The molecule has 1 aromatic carbocycles. The summed E-state index contributed by atoms with van der Waals surface area (Å²) in [6, 6.07) is 3.92. The standard InChI is InChI=1S/C29H50O3/c1-4-6-7-8-9-10-11-12-13-14-15-16-17-18-19-20-27(29(31)32)23-25-21-24(3)28(30)26(5-2)22-25/h21-22,27,30H,4-20,23H2,1-3H3,(H,31,32). The molecule has 0 aliphatic carbocycles. The molecule has 0 saturated carbocycles. The fourth-order valence-electron chi connectivity index (χ4n) is 4.68. The highest BCUT2D eigenvalue weighted by Crippen LogP contribution is 2.27. The second-order valence-corrected chi connectivity index (χ2v) is 9.75. The number of unbranched alkanes of at least 4 members (excludes halogenated alkanes) is 14. The minimum atomic E-state index is -0.695. The minimum absolute atomic E-state index is 0.328. The zero-order valence-corrected chi connectivity index (χ0v) is 21.3. The number of phenolic OH excluding ortho intramolecular Hbond substituents is 1. The molecule has 1 unspecified atom stereocenters. The van der Waals surface area contributed by atoms with Crippen LogP contribution in [0.1, 0.15) is 133 Å². The Morgan fingerprint density at radius 3 is 1.69 bits per heavy atom. The topological polar surface area (TPSA) is 57.5 Å². The first kappa shape index (κ1) is 28.5. The number of hydrogen-bond acceptors (Lipinski definition) is 2. The van der Waals surface area contributed by atoms with Gasteiger partial charge in [-0.1, -0.05) is 122 Å². The molecule has 2 N–H and O–H groups in total. The van der Waals surface area contributed by atoms with Gasteiger partial charge in [0.1, 0.15) is 5.75 Å². The molecule has 0 saturated heterocycles. The number of carboxylic acids is 1. The third-order valence-corrected chi connectivity index (χ3v) is 6.81. The van der Waals surface area contributed by atoms with Crippen molar-refractivity contribution in [3.8, 4) is 5.75 Å². The Kier molecular flexibility index (Phi) is 16.0. The number of carbonyl (C=O) groups is 1. The van der Waals surface area contributed by atoms with E-state index in [1.165, 1.54) is 83.5 Å². The molecular formula is C29H50O3. The Balaban J connectivity index is 2.10. The van der Waals surface area contributed by atoms with Crippen LogP contribution in [0.5, 0.6) is 5.75 Å². The molecule has 184 valence electrons. The summed E-state index contributed by atoms with van der Waals surface area (Å²) in [7, 11) is 0. The summed E-state index contributed by atoms with van der Waals surface area (Å²) in [4.78, 5) is 11.7. The number of rotatable bonds is 20. The van der Waals surface area contributed by atoms with Gasteiger partial charge in [0.2, 0.25) is 0 Å². The average molecular weight is 447 g/mol. The van der Waals surface area contributed by atoms with Crippen LogP contribution >= 0.6 is 0 Å². The highest BCUT2D eigenvalue weighted by atomic mass is 16.4. The number of aliphatic carboxylic acids is 1. The van der Waals surface area contributed by atoms with E-state index in [1.54, 1.807) is 0 Å². The van der Waals surface area contributed by atoms with Crippen molar-refractivity contribution in [2.24, 2.45) is 5.92 Å². The smallest absolute Gasteiger partial charge is 0.306 e. The molecular weight excluding hydrogens is 396 g/mol. The van der Waals surface area contributed by atoms with Crippen molar-refractivity contribution in [3.63, 3.8) is 0 Å². The van der Waals surface area contributed by atoms with Crippen molar-refractivity contribution < 1.29 is 15.0 Å². The fraction of sp³-hybridized carbons (Fsp3) is 0.759. The van der Waals surface area contributed by atoms with E-state index in [2.05, 4.69) is 6.92 Å². The summed E-state index contributed by atoms with van der Waals surface area (Å²) < 4.78 is 0. The first-order chi connectivity index (χ1) is 15.5. The van der Waals surface area contributed by atoms with Gasteiger partial charge in [-0.3, -0.25) is 4.79 Å². The lowest BCUT2D eigenvalue weighted by Gasteiger charge is -2.15. The number of aryl methyl sites for hydroxylation is 2. The van der Waals surface area contributed by atoms with Gasteiger partial charge >= 0.3 is 5.97 Å². The number of phenols is 1. The van der Waals surface area contributed by atoms with Crippen molar-refractivity contribution >= 4 is 5.97 Å². The number of aromatic hydroxyl groups is 1. The van der Waals surface area contributed by atoms with Gasteiger partial charge in [0, 0.05) is 0 Å². The van der Waals surface area contributed by atoms with E-state index in [9.17, 15) is 15.0 Å². The predicted molar refractivity (Wildman–Crippen MR) is 137 cm³/mol. The second-order valence-electron chi connectivity index (χ2n) is 9.75. The molecule has 0 heterocycles. The lowest BCUT2D eigenvalue weighted by Crippen LogP contribution is -2.16. The SMILES string of the molecule is CCCCCCCCCCCCCCCCCC(Cc1cc(C)c(O)c(CC)c1)C(=O)O. The van der Waals surface area contributed by atoms with Crippen LogP contribution in [0.15, 0.2) is 12.1 Å². The molecule has 0 aromatic heterocycles. The fourth-order valence-corrected chi connectivity index (χ4v) is 4.68. The van der Waals surface area contributed by atoms with E-state index in [1.807, 2.05) is 26.0 Å². The van der Waals surface area contributed by atoms with Crippen LogP contribution in [0.25, 0.3) is 0 Å². The van der Waals surface area contributed by atoms with Crippen molar-refractivity contribution in [1.82, 2.24) is 0 Å². The zero-order chi connectivity index (χ0) is 23.6. The van der Waals surface area contributed by atoms with Gasteiger partial charge in [0.15, 0.2) is 0 Å². The Labute approximate surface area is 198 Å². The van der Waals surface area contributed by atoms with Gasteiger partial charge in [-0.05, 0) is 42.9 Å². The lowest BCUT2D eigenvalue weighted by molar-refractivity contribution is -0.142. The number of hydrogen-bond donors (Lipinski definition) is 2. The Hall–Kier alpha value is -1.51. The molecule has 3 nitrogen and oxygen atoms in total. The van der Waals surface area contributed by atoms with Gasteiger partial charge in [-0.2, -0.15) is 0 Å². The Bertz CT molecular complexity index is 623. The molecule has 1 rings (SSSR count). The van der Waals surface area contributed by atoms with Crippen LogP contribution in [0.2, 0.25) is 0 Å². The number of benzene rings is 1. The summed E-state index contributed by atoms with van der Waals surface area (Å²) >= 11 is 0. The monoisotopic (exact) mass is 446 g/mol. The first-order valence-corrected chi connectivity index (χ1v) is 13.5. The third-order valence-electron chi connectivity index (χ3n) is 6.81. The average Bonchev–Trinajstić information content (AvgIpc) is 2.77. The molecule has 0 radical (unpaired) electrons. The van der Waals surface area contributed by atoms with Gasteiger partial charge in [0.25, 0.3) is 0 Å². The van der Waals surface area contributed by atoms with Gasteiger partial charge in [-0.25, -0.2) is 0 Å². The maximum atomic E-state index is 11.7. The van der Waals surface area contributed by atoms with Gasteiger partial charge < -0.3 is 10.2 Å². The highest BCUT2D eigenvalue weighted by molar-refractivity contribution is 5.70. The molecule has 0 amide bonds. The maximum absolute atomic E-state index is 11.7. The molecule has 32 heavy (non-hydrogen) atoms. The van der Waals surface area contributed by atoms with Crippen molar-refractivity contribution in [3.05, 3.63) is 28.8 Å². The third kappa shape index (κ3) is 12.5. The van der Waals surface area contributed by atoms with E-state index in [4.69, 9.17) is 0 Å². The molecule has 3 heteroatoms. The van der Waals surface area contributed by atoms with Crippen molar-refractivity contribution in [2.45, 2.75) is 136 Å². The summed E-state index contributed by atoms with van der Waals surface area (Å²) in [5.41, 5.74) is 2.79. The molecule has 1 aromatic rings. The van der Waals surface area contributed by atoms with E-state index in [0.29, 0.717) is 12.2 Å². The van der Waals surface area contributed by atoms with Gasteiger partial charge in [-0.15, -0.1) is 0 Å². The highest BCUT2D eigenvalue weighted by Gasteiger charge is 2.18. The molecule has 0 bridgehead atoms. The van der Waals surface area contributed by atoms with Crippen LogP contribution in [0.4, 0.5) is 0 Å². The summed E-state index contributed by atoms with van der Waals surface area (Å²) in [5, 5.41) is 19.8. The van der Waals surface area contributed by atoms with Crippen LogP contribution in [-0.4, -0.2) is 16.2 Å². The Morgan fingerprint density at radius 2 is 1.25 bits per heavy atom. The minimum Gasteiger partial charge on any atom is -0.507 e. The van der Waals surface area contributed by atoms with Crippen LogP contribution in [-0.2, 0) is 17.6 Å². The zero-order valence-electron chi connectivity index (χ0n) is 21.3. The van der Waals surface area contributed by atoms with E-state index >= 15 is 0 Å². The summed E-state index contributed by atoms with van der Waals surface area (Å²) in [6.07, 6.45) is 22.0. The van der Waals surface area contributed by atoms with Crippen LogP contribution < -0.4 is 0 Å². The van der Waals surface area contributed by atoms with Crippen molar-refractivity contribution in [2.75, 3.05) is 0 Å². The van der Waals surface area contributed by atoms with E-state index < -0.39 is 5.97 Å². The molecule has 0 aliphatic rings. The second kappa shape index (κ2) is 18.0. The first-order valence-electron chi connectivity index (χ1n) is 13.5. The lowest BCUT2D eigenvalue weighted by atomic mass is 9.91. The molecule has 1 atom stereocenters. The molecule has 0 aliphatic heterocycles. The van der Waals surface area contributed by atoms with Crippen molar-refractivity contribution in [1.29, 1.82) is 0 Å². The molecule has 0 spiro atoms. The summed E-state index contributed by atoms with van der Waals surface area (Å²) in [5.74, 6) is -0.671. The number of carboxylic acid groups (broad SMARTS) is 1. The predicted octanol–water partition coefficient (Wildman–Crippen LogP) is 8.77. The largest absolute Gasteiger partial charge is 0.507 e. The normalized spacial score (nSPS) is 12.2. The van der Waals surface area contributed by atoms with Crippen LogP contribution in [0.3, 0.4) is 0 Å². The summed E-state index contributed by atoms with van der Waals surface area (Å²) in [6.45, 7) is 6.18.